The molecule has 3 aromatic rings. The van der Waals surface area contributed by atoms with E-state index >= 15 is 0 Å². The maximum atomic E-state index is 12.6. The van der Waals surface area contributed by atoms with Gasteiger partial charge in [0.25, 0.3) is 5.91 Å². The molecule has 0 saturated heterocycles. The number of nitrogens with one attached hydrogen (secondary N) is 1. The van der Waals surface area contributed by atoms with Crippen molar-refractivity contribution in [2.45, 2.75) is 18.2 Å². The molecule has 0 aliphatic heterocycles. The highest BCUT2D eigenvalue weighted by atomic mass is 35.5. The molecule has 6 nitrogen and oxygen atoms in total. The van der Waals surface area contributed by atoms with Crippen molar-refractivity contribution in [1.82, 2.24) is 15.0 Å². The molecule has 26 heavy (non-hydrogen) atoms. The van der Waals surface area contributed by atoms with Crippen LogP contribution in [-0.2, 0) is 17.2 Å². The summed E-state index contributed by atoms with van der Waals surface area (Å²) < 4.78 is 13.1. The molecule has 0 saturated carbocycles. The van der Waals surface area contributed by atoms with Crippen LogP contribution in [0, 0.1) is 0 Å². The molecule has 0 unspecified atom stereocenters. The predicted molar refractivity (Wildman–Crippen MR) is 102 cm³/mol. The Labute approximate surface area is 158 Å². The Kier molecular flexibility index (Phi) is 5.49. The van der Waals surface area contributed by atoms with Crippen LogP contribution >= 0.6 is 11.6 Å². The molecule has 0 fully saturated rings. The first-order valence-corrected chi connectivity index (χ1v) is 9.88. The van der Waals surface area contributed by atoms with Crippen LogP contribution in [0.1, 0.15) is 23.1 Å². The fraction of sp³-hybridized carbons (Fsp3) is 0.167. The van der Waals surface area contributed by atoms with Gasteiger partial charge in [0.05, 0.1) is 11.4 Å². The minimum Gasteiger partial charge on any atom is -0.321 e. The van der Waals surface area contributed by atoms with E-state index < -0.39 is 10.8 Å². The Hall–Kier alpha value is -2.51. The lowest BCUT2D eigenvalue weighted by Gasteiger charge is -2.07. The molecule has 0 radical (unpaired) electrons. The lowest BCUT2D eigenvalue weighted by Crippen LogP contribution is -2.15. The topological polar surface area (TPSA) is 76.9 Å². The van der Waals surface area contributed by atoms with Crippen molar-refractivity contribution in [3.05, 3.63) is 64.9 Å². The van der Waals surface area contributed by atoms with E-state index in [1.807, 2.05) is 19.1 Å². The van der Waals surface area contributed by atoms with Crippen LogP contribution in [0.3, 0.4) is 0 Å². The molecule has 3 rings (SSSR count). The SMILES string of the molecule is CCc1c(C(=O)Nc2ccc([S@](C)=O)cc2)nnn1-c1cccc(Cl)c1. The van der Waals surface area contributed by atoms with Crippen molar-refractivity contribution in [1.29, 1.82) is 0 Å². The monoisotopic (exact) mass is 388 g/mol. The average molecular weight is 389 g/mol. The first kappa shape index (κ1) is 18.3. The fourth-order valence-electron chi connectivity index (χ4n) is 2.53. The summed E-state index contributed by atoms with van der Waals surface area (Å²) in [5, 5.41) is 11.5. The van der Waals surface area contributed by atoms with E-state index in [4.69, 9.17) is 11.6 Å². The number of hydrogen-bond acceptors (Lipinski definition) is 4. The van der Waals surface area contributed by atoms with E-state index in [0.29, 0.717) is 27.7 Å². The third-order valence-corrected chi connectivity index (χ3v) is 4.98. The second kappa shape index (κ2) is 7.80. The summed E-state index contributed by atoms with van der Waals surface area (Å²) in [5.41, 5.74) is 2.30. The molecule has 1 heterocycles. The molecule has 0 aliphatic carbocycles. The van der Waals surface area contributed by atoms with Gasteiger partial charge in [0.1, 0.15) is 0 Å². The van der Waals surface area contributed by atoms with Gasteiger partial charge in [0.15, 0.2) is 5.69 Å². The van der Waals surface area contributed by atoms with Gasteiger partial charge in [-0.25, -0.2) is 4.68 Å². The second-order valence-corrected chi connectivity index (χ2v) is 7.38. The lowest BCUT2D eigenvalue weighted by atomic mass is 10.2. The molecule has 0 spiro atoms. The Bertz CT molecular complexity index is 970. The van der Waals surface area contributed by atoms with Gasteiger partial charge in [-0.15, -0.1) is 5.10 Å². The van der Waals surface area contributed by atoms with Gasteiger partial charge in [0, 0.05) is 32.7 Å². The molecule has 1 amide bonds. The fourth-order valence-corrected chi connectivity index (χ4v) is 3.23. The standard InChI is InChI=1S/C18H17ClN4O2S/c1-3-16-17(21-22-23(16)14-6-4-5-12(19)11-14)18(24)20-13-7-9-15(10-8-13)26(2)25/h4-11H,3H2,1-2H3,(H,20,24)/t26-/m0/s1. The van der Waals surface area contributed by atoms with Gasteiger partial charge in [-0.05, 0) is 48.9 Å². The number of carbonyl (C=O) groups is 1. The molecule has 8 heteroatoms. The Morgan fingerprint density at radius 1 is 1.23 bits per heavy atom. The number of rotatable bonds is 5. The quantitative estimate of drug-likeness (QED) is 0.726. The maximum Gasteiger partial charge on any atom is 0.278 e. The molecule has 0 bridgehead atoms. The first-order chi connectivity index (χ1) is 12.5. The zero-order valence-corrected chi connectivity index (χ0v) is 15.8. The van der Waals surface area contributed by atoms with Gasteiger partial charge in [-0.2, -0.15) is 0 Å². The van der Waals surface area contributed by atoms with Crippen LogP contribution in [-0.4, -0.2) is 31.4 Å². The van der Waals surface area contributed by atoms with E-state index in [1.54, 1.807) is 47.3 Å². The van der Waals surface area contributed by atoms with E-state index in [1.165, 1.54) is 0 Å². The summed E-state index contributed by atoms with van der Waals surface area (Å²) in [4.78, 5) is 13.3. The van der Waals surface area contributed by atoms with Gasteiger partial charge >= 0.3 is 0 Å². The summed E-state index contributed by atoms with van der Waals surface area (Å²) in [6.45, 7) is 1.93. The van der Waals surface area contributed by atoms with E-state index in [-0.39, 0.29) is 11.6 Å². The van der Waals surface area contributed by atoms with Crippen molar-refractivity contribution in [2.24, 2.45) is 0 Å². The van der Waals surface area contributed by atoms with E-state index in [9.17, 15) is 9.00 Å². The highest BCUT2D eigenvalue weighted by Gasteiger charge is 2.19. The zero-order chi connectivity index (χ0) is 18.7. The van der Waals surface area contributed by atoms with E-state index in [0.717, 1.165) is 5.69 Å². The number of aromatic nitrogens is 3. The van der Waals surface area contributed by atoms with Gasteiger partial charge in [0.2, 0.25) is 0 Å². The number of nitrogens with zero attached hydrogens (tertiary/aromatic N) is 3. The summed E-state index contributed by atoms with van der Waals surface area (Å²) in [7, 11) is -1.06. The molecule has 1 aromatic heterocycles. The number of hydrogen-bond donors (Lipinski definition) is 1. The number of amides is 1. The van der Waals surface area contributed by atoms with Crippen molar-refractivity contribution in [3.63, 3.8) is 0 Å². The Balaban J connectivity index is 1.87. The molecule has 0 aliphatic rings. The average Bonchev–Trinajstić information content (AvgIpc) is 3.06. The van der Waals surface area contributed by atoms with Crippen LogP contribution in [0.25, 0.3) is 5.69 Å². The third-order valence-electron chi connectivity index (χ3n) is 3.81. The predicted octanol–water partition coefficient (Wildman–Crippen LogP) is 3.47. The molecule has 2 aromatic carbocycles. The van der Waals surface area contributed by atoms with Crippen LogP contribution in [0.4, 0.5) is 5.69 Å². The van der Waals surface area contributed by atoms with Gasteiger partial charge < -0.3 is 5.32 Å². The molecule has 1 N–H and O–H groups in total. The third kappa shape index (κ3) is 3.84. The minimum atomic E-state index is -1.06. The highest BCUT2D eigenvalue weighted by molar-refractivity contribution is 7.84. The van der Waals surface area contributed by atoms with Crippen molar-refractivity contribution >= 4 is 34.0 Å². The van der Waals surface area contributed by atoms with Crippen molar-refractivity contribution in [2.75, 3.05) is 11.6 Å². The largest absolute Gasteiger partial charge is 0.321 e. The molecule has 134 valence electrons. The van der Waals surface area contributed by atoms with Gasteiger partial charge in [-0.3, -0.25) is 9.00 Å². The summed E-state index contributed by atoms with van der Waals surface area (Å²) in [6, 6.07) is 14.1. The highest BCUT2D eigenvalue weighted by Crippen LogP contribution is 2.19. The number of carbonyl (C=O) groups excluding carboxylic acids is 1. The summed E-state index contributed by atoms with van der Waals surface area (Å²) in [6.07, 6.45) is 2.19. The zero-order valence-electron chi connectivity index (χ0n) is 14.3. The maximum absolute atomic E-state index is 12.6. The van der Waals surface area contributed by atoms with Crippen LogP contribution in [0.15, 0.2) is 53.4 Å². The second-order valence-electron chi connectivity index (χ2n) is 5.56. The summed E-state index contributed by atoms with van der Waals surface area (Å²) >= 11 is 6.04. The number of halogens is 1. The molecular formula is C18H17ClN4O2S. The smallest absolute Gasteiger partial charge is 0.278 e. The van der Waals surface area contributed by atoms with Crippen molar-refractivity contribution < 1.29 is 9.00 Å². The lowest BCUT2D eigenvalue weighted by molar-refractivity contribution is 0.102. The Morgan fingerprint density at radius 3 is 2.58 bits per heavy atom. The van der Waals surface area contributed by atoms with Crippen LogP contribution in [0.5, 0.6) is 0 Å². The summed E-state index contributed by atoms with van der Waals surface area (Å²) in [5.74, 6) is -0.347. The van der Waals surface area contributed by atoms with Crippen LogP contribution < -0.4 is 5.32 Å². The van der Waals surface area contributed by atoms with Gasteiger partial charge in [-0.1, -0.05) is 29.8 Å². The number of anilines is 1. The van der Waals surface area contributed by atoms with E-state index in [2.05, 4.69) is 15.6 Å². The van der Waals surface area contributed by atoms with Crippen LogP contribution in [0.2, 0.25) is 5.02 Å². The molecule has 1 atom stereocenters. The number of benzene rings is 2. The molecular weight excluding hydrogens is 372 g/mol. The first-order valence-electron chi connectivity index (χ1n) is 7.95. The normalized spacial score (nSPS) is 12.0. The Morgan fingerprint density at radius 2 is 1.96 bits per heavy atom. The minimum absolute atomic E-state index is 0.260. The van der Waals surface area contributed by atoms with Crippen molar-refractivity contribution in [3.8, 4) is 5.69 Å².